The Morgan fingerprint density at radius 1 is 0.758 bits per heavy atom. The monoisotopic (exact) mass is 457 g/mol. The summed E-state index contributed by atoms with van der Waals surface area (Å²) in [5, 5.41) is 3.13. The summed E-state index contributed by atoms with van der Waals surface area (Å²) >= 11 is 0. The summed E-state index contributed by atoms with van der Waals surface area (Å²) in [7, 11) is 4.10. The third-order valence-corrected chi connectivity index (χ3v) is 10.6. The molecule has 174 valence electrons. The van der Waals surface area contributed by atoms with Gasteiger partial charge in [-0.1, -0.05) is 78.2 Å². The van der Waals surface area contributed by atoms with Gasteiger partial charge in [0, 0.05) is 6.04 Å². The molecule has 0 radical (unpaired) electrons. The minimum atomic E-state index is -0.443. The van der Waals surface area contributed by atoms with E-state index in [9.17, 15) is 0 Å². The largest absolute Gasteiger partial charge is 0.302 e. The van der Waals surface area contributed by atoms with Gasteiger partial charge in [0.05, 0.1) is 0 Å². The van der Waals surface area contributed by atoms with Crippen LogP contribution in [-0.2, 0) is 0 Å². The van der Waals surface area contributed by atoms with Crippen molar-refractivity contribution in [3.05, 3.63) is 94.0 Å². The predicted molar refractivity (Wildman–Crippen MR) is 147 cm³/mol. The van der Waals surface area contributed by atoms with Crippen LogP contribution in [0, 0.1) is 40.5 Å². The molecule has 0 saturated heterocycles. The number of nitrogens with zero attached hydrogens (tertiary/aromatic N) is 1. The average molecular weight is 458 g/mol. The Morgan fingerprint density at radius 2 is 1.33 bits per heavy atom. The van der Waals surface area contributed by atoms with Crippen molar-refractivity contribution in [3.8, 4) is 0 Å². The quantitative estimate of drug-likeness (QED) is 0.356. The van der Waals surface area contributed by atoms with Crippen LogP contribution in [-0.4, -0.2) is 24.7 Å². The maximum absolute atomic E-state index is 2.51. The SMILES string of the molecule is Cc1cc(C)cc(P(c2cc(C)c(C)c(C)c2)C2CCCC2[C@@H](c2ccccc2)N(C)C)c1. The van der Waals surface area contributed by atoms with Crippen LogP contribution < -0.4 is 10.6 Å². The summed E-state index contributed by atoms with van der Waals surface area (Å²) in [6, 6.07) is 24.0. The second kappa shape index (κ2) is 10.1. The first kappa shape index (κ1) is 24.2. The highest BCUT2D eigenvalue weighted by Gasteiger charge is 2.41. The maximum atomic E-state index is 2.51. The van der Waals surface area contributed by atoms with Crippen molar-refractivity contribution >= 4 is 18.5 Å². The van der Waals surface area contributed by atoms with Gasteiger partial charge in [-0.25, -0.2) is 0 Å². The fraction of sp³-hybridized carbons (Fsp3) is 0.419. The molecule has 4 atom stereocenters. The third-order valence-electron chi connectivity index (χ3n) is 7.64. The molecule has 33 heavy (non-hydrogen) atoms. The summed E-state index contributed by atoms with van der Waals surface area (Å²) in [4.78, 5) is 2.47. The minimum absolute atomic E-state index is 0.443. The van der Waals surface area contributed by atoms with E-state index in [2.05, 4.69) is 114 Å². The van der Waals surface area contributed by atoms with Gasteiger partial charge in [0.25, 0.3) is 0 Å². The first-order valence-electron chi connectivity index (χ1n) is 12.4. The van der Waals surface area contributed by atoms with Crippen LogP contribution in [0.5, 0.6) is 0 Å². The maximum Gasteiger partial charge on any atom is 0.0376 e. The van der Waals surface area contributed by atoms with E-state index >= 15 is 0 Å². The van der Waals surface area contributed by atoms with Gasteiger partial charge in [0.1, 0.15) is 0 Å². The van der Waals surface area contributed by atoms with E-state index in [1.165, 1.54) is 52.6 Å². The van der Waals surface area contributed by atoms with E-state index in [0.717, 1.165) is 0 Å². The summed E-state index contributed by atoms with van der Waals surface area (Å²) in [5.41, 5.74) is 9.24. The number of aryl methyl sites for hydroxylation is 4. The second-order valence-corrected chi connectivity index (χ2v) is 12.8. The molecule has 0 amide bonds. The molecular weight excluding hydrogens is 417 g/mol. The molecule has 1 aliphatic carbocycles. The zero-order valence-corrected chi connectivity index (χ0v) is 22.4. The number of benzene rings is 3. The molecule has 1 fully saturated rings. The number of hydrogen-bond acceptors (Lipinski definition) is 1. The van der Waals surface area contributed by atoms with Gasteiger partial charge in [0.15, 0.2) is 0 Å². The van der Waals surface area contributed by atoms with Crippen LogP contribution in [0.15, 0.2) is 60.7 Å². The molecule has 1 nitrogen and oxygen atoms in total. The molecule has 1 aliphatic rings. The van der Waals surface area contributed by atoms with Crippen LogP contribution in [0.1, 0.15) is 58.7 Å². The van der Waals surface area contributed by atoms with E-state index in [-0.39, 0.29) is 0 Å². The molecule has 0 heterocycles. The van der Waals surface area contributed by atoms with Crippen molar-refractivity contribution in [1.82, 2.24) is 4.90 Å². The van der Waals surface area contributed by atoms with Crippen molar-refractivity contribution in [2.45, 2.75) is 65.6 Å². The Labute approximate surface area is 203 Å². The van der Waals surface area contributed by atoms with Crippen molar-refractivity contribution in [2.75, 3.05) is 14.1 Å². The van der Waals surface area contributed by atoms with Crippen molar-refractivity contribution < 1.29 is 0 Å². The lowest BCUT2D eigenvalue weighted by molar-refractivity contribution is 0.217. The highest BCUT2D eigenvalue weighted by molar-refractivity contribution is 7.73. The van der Waals surface area contributed by atoms with E-state index in [0.29, 0.717) is 17.6 Å². The van der Waals surface area contributed by atoms with Gasteiger partial charge in [0.2, 0.25) is 0 Å². The molecule has 3 aromatic carbocycles. The Hall–Kier alpha value is -1.95. The number of rotatable bonds is 6. The number of hydrogen-bond donors (Lipinski definition) is 0. The van der Waals surface area contributed by atoms with Gasteiger partial charge in [-0.2, -0.15) is 0 Å². The zero-order chi connectivity index (χ0) is 23.7. The standard InChI is InChI=1S/C31H40NP/c1-21-16-22(2)18-27(17-21)33(28-19-23(3)25(5)24(4)20-28)30-15-11-14-29(30)31(32(6)7)26-12-9-8-10-13-26/h8-10,12-13,16-20,29-31H,11,14-15H2,1-7H3/t29?,30?,31-,33?/m1/s1. The molecule has 0 aliphatic heterocycles. The fourth-order valence-corrected chi connectivity index (χ4v) is 9.56. The van der Waals surface area contributed by atoms with Crippen LogP contribution in [0.2, 0.25) is 0 Å². The summed E-state index contributed by atoms with van der Waals surface area (Å²) in [5.74, 6) is 0.663. The Bertz CT molecular complexity index is 1060. The Morgan fingerprint density at radius 3 is 1.91 bits per heavy atom. The summed E-state index contributed by atoms with van der Waals surface area (Å²) in [6.07, 6.45) is 3.97. The molecule has 3 aromatic rings. The van der Waals surface area contributed by atoms with Gasteiger partial charge in [-0.05, 0) is 114 Å². The van der Waals surface area contributed by atoms with Crippen LogP contribution in [0.25, 0.3) is 0 Å². The zero-order valence-electron chi connectivity index (χ0n) is 21.5. The van der Waals surface area contributed by atoms with Crippen LogP contribution in [0.4, 0.5) is 0 Å². The molecule has 0 aromatic heterocycles. The smallest absolute Gasteiger partial charge is 0.0376 e. The van der Waals surface area contributed by atoms with Crippen molar-refractivity contribution in [3.63, 3.8) is 0 Å². The van der Waals surface area contributed by atoms with Gasteiger partial charge in [-0.3, -0.25) is 0 Å². The minimum Gasteiger partial charge on any atom is -0.302 e. The highest BCUT2D eigenvalue weighted by Crippen LogP contribution is 2.54. The average Bonchev–Trinajstić information content (AvgIpc) is 3.20. The van der Waals surface area contributed by atoms with Gasteiger partial charge >= 0.3 is 0 Å². The summed E-state index contributed by atoms with van der Waals surface area (Å²) in [6.45, 7) is 11.4. The van der Waals surface area contributed by atoms with E-state index < -0.39 is 7.92 Å². The normalized spacial score (nSPS) is 20.2. The molecule has 2 heteroatoms. The lowest BCUT2D eigenvalue weighted by Gasteiger charge is -2.38. The Balaban J connectivity index is 1.86. The molecular formula is C31H40NP. The summed E-state index contributed by atoms with van der Waals surface area (Å²) < 4.78 is 0. The van der Waals surface area contributed by atoms with Crippen molar-refractivity contribution in [2.24, 2.45) is 5.92 Å². The second-order valence-electron chi connectivity index (χ2n) is 10.4. The molecule has 0 bridgehead atoms. The van der Waals surface area contributed by atoms with Gasteiger partial charge in [-0.15, -0.1) is 0 Å². The third kappa shape index (κ3) is 5.11. The van der Waals surface area contributed by atoms with Crippen LogP contribution >= 0.6 is 7.92 Å². The Kier molecular flexibility index (Phi) is 7.42. The van der Waals surface area contributed by atoms with Gasteiger partial charge < -0.3 is 4.90 Å². The van der Waals surface area contributed by atoms with E-state index in [1.807, 2.05) is 0 Å². The molecule has 0 spiro atoms. The molecule has 3 unspecified atom stereocenters. The lowest BCUT2D eigenvalue weighted by Crippen LogP contribution is -2.34. The topological polar surface area (TPSA) is 3.24 Å². The first-order valence-corrected chi connectivity index (χ1v) is 13.8. The lowest BCUT2D eigenvalue weighted by atomic mass is 9.90. The van der Waals surface area contributed by atoms with Crippen molar-refractivity contribution in [1.29, 1.82) is 0 Å². The molecule has 1 saturated carbocycles. The predicted octanol–water partition coefficient (Wildman–Crippen LogP) is 7.13. The first-order chi connectivity index (χ1) is 15.8. The fourth-order valence-electron chi connectivity index (χ4n) is 6.01. The van der Waals surface area contributed by atoms with E-state index in [1.54, 1.807) is 10.6 Å². The van der Waals surface area contributed by atoms with Crippen LogP contribution in [0.3, 0.4) is 0 Å². The highest BCUT2D eigenvalue weighted by atomic mass is 31.1. The molecule has 4 rings (SSSR count). The molecule has 0 N–H and O–H groups in total. The van der Waals surface area contributed by atoms with E-state index in [4.69, 9.17) is 0 Å².